The van der Waals surface area contributed by atoms with Gasteiger partial charge in [-0.25, -0.2) is 0 Å². The van der Waals surface area contributed by atoms with Crippen molar-refractivity contribution in [2.75, 3.05) is 11.9 Å². The van der Waals surface area contributed by atoms with Crippen LogP contribution in [0.3, 0.4) is 0 Å². The summed E-state index contributed by atoms with van der Waals surface area (Å²) in [5.74, 6) is 1.21. The van der Waals surface area contributed by atoms with Gasteiger partial charge in [-0.05, 0) is 51.0 Å². The third kappa shape index (κ3) is 3.49. The molecule has 6 nitrogen and oxygen atoms in total. The van der Waals surface area contributed by atoms with Crippen molar-refractivity contribution in [1.82, 2.24) is 9.72 Å². The van der Waals surface area contributed by atoms with E-state index < -0.39 is 0 Å². The standard InChI is InChI=1S/C19H21N3O3/c1-12-10-17(14(3)22(12)18-11-13(2)25-21-18)19(24)20-16-6-4-15(5-7-16)8-9-23/h4-7,10-11,23H,8-9H2,1-3H3,(H,20,24). The van der Waals surface area contributed by atoms with Gasteiger partial charge in [0.2, 0.25) is 0 Å². The summed E-state index contributed by atoms with van der Waals surface area (Å²) in [5.41, 5.74) is 4.06. The molecule has 2 aromatic heterocycles. The van der Waals surface area contributed by atoms with Gasteiger partial charge in [-0.3, -0.25) is 9.36 Å². The lowest BCUT2D eigenvalue weighted by Crippen LogP contribution is -2.13. The molecule has 25 heavy (non-hydrogen) atoms. The van der Waals surface area contributed by atoms with E-state index in [1.54, 1.807) is 0 Å². The Hall–Kier alpha value is -2.86. The van der Waals surface area contributed by atoms with Crippen molar-refractivity contribution >= 4 is 11.6 Å². The molecule has 0 aliphatic heterocycles. The van der Waals surface area contributed by atoms with Crippen LogP contribution in [0.15, 0.2) is 40.9 Å². The predicted molar refractivity (Wildman–Crippen MR) is 95.2 cm³/mol. The summed E-state index contributed by atoms with van der Waals surface area (Å²) in [6, 6.07) is 11.1. The predicted octanol–water partition coefficient (Wildman–Crippen LogP) is 3.18. The van der Waals surface area contributed by atoms with Crippen molar-refractivity contribution in [2.45, 2.75) is 27.2 Å². The summed E-state index contributed by atoms with van der Waals surface area (Å²) in [7, 11) is 0. The molecule has 0 aliphatic carbocycles. The number of nitrogens with zero attached hydrogens (tertiary/aromatic N) is 2. The number of aryl methyl sites for hydroxylation is 2. The molecule has 0 saturated heterocycles. The van der Waals surface area contributed by atoms with Crippen molar-refractivity contribution in [3.8, 4) is 5.82 Å². The summed E-state index contributed by atoms with van der Waals surface area (Å²) < 4.78 is 7.03. The number of amides is 1. The number of benzene rings is 1. The molecule has 1 aromatic carbocycles. The third-order valence-electron chi connectivity index (χ3n) is 4.13. The Bertz CT molecular complexity index is 891. The van der Waals surface area contributed by atoms with Gasteiger partial charge < -0.3 is 14.9 Å². The monoisotopic (exact) mass is 339 g/mol. The Labute approximate surface area is 146 Å². The Kier molecular flexibility index (Phi) is 4.72. The van der Waals surface area contributed by atoms with Gasteiger partial charge in [0, 0.05) is 29.7 Å². The zero-order valence-corrected chi connectivity index (χ0v) is 14.5. The molecule has 2 heterocycles. The Morgan fingerprint density at radius 1 is 1.20 bits per heavy atom. The molecule has 0 atom stereocenters. The number of hydrogen-bond acceptors (Lipinski definition) is 4. The second-order valence-corrected chi connectivity index (χ2v) is 6.04. The first-order valence-electron chi connectivity index (χ1n) is 8.13. The molecule has 0 saturated carbocycles. The topological polar surface area (TPSA) is 80.3 Å². The lowest BCUT2D eigenvalue weighted by molar-refractivity contribution is 0.102. The van der Waals surface area contributed by atoms with E-state index in [0.717, 1.165) is 22.7 Å². The van der Waals surface area contributed by atoms with Gasteiger partial charge >= 0.3 is 0 Å². The van der Waals surface area contributed by atoms with Crippen LogP contribution in [0, 0.1) is 20.8 Å². The number of aliphatic hydroxyl groups excluding tert-OH is 1. The summed E-state index contributed by atoms with van der Waals surface area (Å²) >= 11 is 0. The Morgan fingerprint density at radius 2 is 1.92 bits per heavy atom. The lowest BCUT2D eigenvalue weighted by Gasteiger charge is -2.07. The van der Waals surface area contributed by atoms with Crippen molar-refractivity contribution in [3.63, 3.8) is 0 Å². The zero-order chi connectivity index (χ0) is 18.0. The van der Waals surface area contributed by atoms with Crippen LogP contribution in [0.2, 0.25) is 0 Å². The van der Waals surface area contributed by atoms with Gasteiger partial charge in [-0.1, -0.05) is 17.3 Å². The number of nitrogens with one attached hydrogen (secondary N) is 1. The summed E-state index contributed by atoms with van der Waals surface area (Å²) in [4.78, 5) is 12.6. The van der Waals surface area contributed by atoms with E-state index in [9.17, 15) is 4.79 Å². The summed E-state index contributed by atoms with van der Waals surface area (Å²) in [5, 5.41) is 15.9. The number of anilines is 1. The van der Waals surface area contributed by atoms with Gasteiger partial charge in [0.25, 0.3) is 5.91 Å². The molecule has 0 aliphatic rings. The fourth-order valence-electron chi connectivity index (χ4n) is 2.89. The molecule has 0 spiro atoms. The minimum atomic E-state index is -0.172. The number of rotatable bonds is 5. The molecule has 0 unspecified atom stereocenters. The number of aliphatic hydroxyl groups is 1. The highest BCUT2D eigenvalue weighted by atomic mass is 16.5. The first kappa shape index (κ1) is 17.0. The van der Waals surface area contributed by atoms with Crippen LogP contribution in [-0.4, -0.2) is 27.3 Å². The Morgan fingerprint density at radius 3 is 2.52 bits per heavy atom. The van der Waals surface area contributed by atoms with Crippen LogP contribution >= 0.6 is 0 Å². The van der Waals surface area contributed by atoms with Gasteiger partial charge in [-0.2, -0.15) is 0 Å². The number of hydrogen-bond donors (Lipinski definition) is 2. The smallest absolute Gasteiger partial charge is 0.257 e. The van der Waals surface area contributed by atoms with Crippen LogP contribution in [-0.2, 0) is 6.42 Å². The van der Waals surface area contributed by atoms with Crippen molar-refractivity contribution in [2.24, 2.45) is 0 Å². The third-order valence-corrected chi connectivity index (χ3v) is 4.13. The first-order chi connectivity index (χ1) is 12.0. The highest BCUT2D eigenvalue weighted by molar-refractivity contribution is 6.05. The van der Waals surface area contributed by atoms with Crippen molar-refractivity contribution in [1.29, 1.82) is 0 Å². The average Bonchev–Trinajstić information content (AvgIpc) is 3.12. The molecule has 3 aromatic rings. The molecular formula is C19H21N3O3. The molecular weight excluding hydrogens is 318 g/mol. The van der Waals surface area contributed by atoms with E-state index in [2.05, 4.69) is 10.5 Å². The van der Waals surface area contributed by atoms with E-state index in [0.29, 0.717) is 23.5 Å². The van der Waals surface area contributed by atoms with Crippen LogP contribution in [0.5, 0.6) is 0 Å². The second kappa shape index (κ2) is 6.94. The molecule has 0 bridgehead atoms. The SMILES string of the molecule is Cc1cc(-n2c(C)cc(C(=O)Nc3ccc(CCO)cc3)c2C)no1. The maximum absolute atomic E-state index is 12.6. The molecule has 6 heteroatoms. The quantitative estimate of drug-likeness (QED) is 0.748. The van der Waals surface area contributed by atoms with E-state index >= 15 is 0 Å². The highest BCUT2D eigenvalue weighted by Gasteiger charge is 2.18. The summed E-state index contributed by atoms with van der Waals surface area (Å²) in [6.07, 6.45) is 0.604. The number of aromatic nitrogens is 2. The molecule has 1 amide bonds. The van der Waals surface area contributed by atoms with Gasteiger partial charge in [0.1, 0.15) is 5.76 Å². The van der Waals surface area contributed by atoms with Crippen molar-refractivity contribution < 1.29 is 14.4 Å². The second-order valence-electron chi connectivity index (χ2n) is 6.04. The van der Waals surface area contributed by atoms with Gasteiger partial charge in [0.15, 0.2) is 5.82 Å². The van der Waals surface area contributed by atoms with Crippen LogP contribution in [0.1, 0.15) is 33.1 Å². The van der Waals surface area contributed by atoms with Crippen LogP contribution in [0.25, 0.3) is 5.82 Å². The van der Waals surface area contributed by atoms with Crippen LogP contribution < -0.4 is 5.32 Å². The van der Waals surface area contributed by atoms with Gasteiger partial charge in [-0.15, -0.1) is 0 Å². The van der Waals surface area contributed by atoms with E-state index in [-0.39, 0.29) is 12.5 Å². The normalized spacial score (nSPS) is 10.9. The minimum Gasteiger partial charge on any atom is -0.396 e. The molecule has 130 valence electrons. The molecule has 0 radical (unpaired) electrons. The summed E-state index contributed by atoms with van der Waals surface area (Å²) in [6.45, 7) is 5.76. The zero-order valence-electron chi connectivity index (χ0n) is 14.5. The fraction of sp³-hybridized carbons (Fsp3) is 0.263. The largest absolute Gasteiger partial charge is 0.396 e. The van der Waals surface area contributed by atoms with E-state index in [1.807, 2.05) is 61.7 Å². The maximum Gasteiger partial charge on any atom is 0.257 e. The number of carbonyl (C=O) groups is 1. The van der Waals surface area contributed by atoms with Gasteiger partial charge in [0.05, 0.1) is 5.56 Å². The lowest BCUT2D eigenvalue weighted by atomic mass is 10.1. The first-order valence-corrected chi connectivity index (χ1v) is 8.13. The highest BCUT2D eigenvalue weighted by Crippen LogP contribution is 2.22. The van der Waals surface area contributed by atoms with E-state index in [1.165, 1.54) is 0 Å². The fourth-order valence-corrected chi connectivity index (χ4v) is 2.89. The molecule has 2 N–H and O–H groups in total. The van der Waals surface area contributed by atoms with Crippen molar-refractivity contribution in [3.05, 3.63) is 64.7 Å². The van der Waals surface area contributed by atoms with Crippen LogP contribution in [0.4, 0.5) is 5.69 Å². The average molecular weight is 339 g/mol. The van der Waals surface area contributed by atoms with E-state index in [4.69, 9.17) is 9.63 Å². The molecule has 0 fully saturated rings. The number of carbonyl (C=O) groups excluding carboxylic acids is 1. The minimum absolute atomic E-state index is 0.110. The Balaban J connectivity index is 1.83. The molecule has 3 rings (SSSR count). The maximum atomic E-state index is 12.6.